The number of carbonyl (C=O) groups excluding carboxylic acids is 1. The van der Waals surface area contributed by atoms with Crippen LogP contribution >= 0.6 is 0 Å². The molecule has 0 N–H and O–H groups in total. The summed E-state index contributed by atoms with van der Waals surface area (Å²) in [7, 11) is 0. The number of aromatic nitrogens is 2. The smallest absolute Gasteiger partial charge is 0.219 e. The third-order valence-electron chi connectivity index (χ3n) is 3.06. The van der Waals surface area contributed by atoms with Crippen LogP contribution in [0.1, 0.15) is 18.9 Å². The number of nitriles is 1. The molecule has 6 nitrogen and oxygen atoms in total. The number of hydrogen-bond donors (Lipinski definition) is 0. The Morgan fingerprint density at radius 3 is 2.94 bits per heavy atom. The molecule has 1 aliphatic rings. The molecule has 94 valence electrons. The van der Waals surface area contributed by atoms with E-state index in [4.69, 9.17) is 5.26 Å². The van der Waals surface area contributed by atoms with Gasteiger partial charge in [-0.1, -0.05) is 0 Å². The number of amides is 1. The molecule has 1 aliphatic heterocycles. The van der Waals surface area contributed by atoms with Gasteiger partial charge in [0.2, 0.25) is 5.91 Å². The van der Waals surface area contributed by atoms with Gasteiger partial charge < -0.3 is 9.80 Å². The SMILES string of the molecule is CC(=O)N1CCCN(c2nnccc2C#N)CC1. The highest BCUT2D eigenvalue weighted by atomic mass is 16.2. The Morgan fingerprint density at radius 1 is 1.39 bits per heavy atom. The van der Waals surface area contributed by atoms with Crippen molar-refractivity contribution in [3.63, 3.8) is 0 Å². The van der Waals surface area contributed by atoms with Crippen molar-refractivity contribution in [3.8, 4) is 6.07 Å². The average Bonchev–Trinajstić information content (AvgIpc) is 2.64. The molecule has 6 heteroatoms. The molecule has 1 amide bonds. The third-order valence-corrected chi connectivity index (χ3v) is 3.06. The van der Waals surface area contributed by atoms with Crippen LogP contribution in [0.25, 0.3) is 0 Å². The Hall–Kier alpha value is -2.16. The maximum absolute atomic E-state index is 11.3. The summed E-state index contributed by atoms with van der Waals surface area (Å²) < 4.78 is 0. The Kier molecular flexibility index (Phi) is 3.72. The van der Waals surface area contributed by atoms with E-state index < -0.39 is 0 Å². The summed E-state index contributed by atoms with van der Waals surface area (Å²) in [6, 6.07) is 3.79. The van der Waals surface area contributed by atoms with Crippen molar-refractivity contribution >= 4 is 11.7 Å². The van der Waals surface area contributed by atoms with Gasteiger partial charge >= 0.3 is 0 Å². The van der Waals surface area contributed by atoms with Crippen LogP contribution in [-0.2, 0) is 4.79 Å². The van der Waals surface area contributed by atoms with Gasteiger partial charge in [-0.3, -0.25) is 4.79 Å². The molecule has 0 unspecified atom stereocenters. The molecular formula is C12H15N5O. The van der Waals surface area contributed by atoms with Crippen LogP contribution in [0.4, 0.5) is 5.82 Å². The highest BCUT2D eigenvalue weighted by molar-refractivity contribution is 5.73. The topological polar surface area (TPSA) is 73.1 Å². The van der Waals surface area contributed by atoms with Gasteiger partial charge in [0.25, 0.3) is 0 Å². The van der Waals surface area contributed by atoms with Crippen LogP contribution < -0.4 is 4.90 Å². The van der Waals surface area contributed by atoms with Crippen molar-refractivity contribution in [2.45, 2.75) is 13.3 Å². The lowest BCUT2D eigenvalue weighted by atomic mass is 10.2. The van der Waals surface area contributed by atoms with E-state index in [9.17, 15) is 4.79 Å². The van der Waals surface area contributed by atoms with Gasteiger partial charge in [0.05, 0.1) is 11.8 Å². The van der Waals surface area contributed by atoms with Crippen molar-refractivity contribution < 1.29 is 4.79 Å². The first kappa shape index (κ1) is 12.3. The predicted octanol–water partition coefficient (Wildman–Crippen LogP) is 0.407. The monoisotopic (exact) mass is 245 g/mol. The van der Waals surface area contributed by atoms with E-state index in [1.807, 2.05) is 9.80 Å². The predicted molar refractivity (Wildman–Crippen MR) is 65.8 cm³/mol. The second-order valence-corrected chi connectivity index (χ2v) is 4.23. The summed E-state index contributed by atoms with van der Waals surface area (Å²) >= 11 is 0. The lowest BCUT2D eigenvalue weighted by Crippen LogP contribution is -2.34. The fraction of sp³-hybridized carbons (Fsp3) is 0.500. The highest BCUT2D eigenvalue weighted by Gasteiger charge is 2.19. The Labute approximate surface area is 106 Å². The maximum atomic E-state index is 11.3. The summed E-state index contributed by atoms with van der Waals surface area (Å²) in [5.74, 6) is 0.710. The minimum Gasteiger partial charge on any atom is -0.352 e. The Morgan fingerprint density at radius 2 is 2.22 bits per heavy atom. The highest BCUT2D eigenvalue weighted by Crippen LogP contribution is 2.17. The summed E-state index contributed by atoms with van der Waals surface area (Å²) in [6.07, 6.45) is 2.39. The van der Waals surface area contributed by atoms with Gasteiger partial charge in [-0.15, -0.1) is 5.10 Å². The molecule has 0 radical (unpaired) electrons. The second-order valence-electron chi connectivity index (χ2n) is 4.23. The van der Waals surface area contributed by atoms with Gasteiger partial charge in [0.1, 0.15) is 6.07 Å². The van der Waals surface area contributed by atoms with Crippen molar-refractivity contribution in [1.29, 1.82) is 5.26 Å². The van der Waals surface area contributed by atoms with Crippen molar-refractivity contribution in [1.82, 2.24) is 15.1 Å². The molecule has 1 aromatic rings. The number of nitrogens with zero attached hydrogens (tertiary/aromatic N) is 5. The van der Waals surface area contributed by atoms with Crippen molar-refractivity contribution in [3.05, 3.63) is 17.8 Å². The van der Waals surface area contributed by atoms with Gasteiger partial charge in [-0.05, 0) is 12.5 Å². The number of hydrogen-bond acceptors (Lipinski definition) is 5. The molecule has 2 rings (SSSR count). The molecule has 0 aliphatic carbocycles. The van der Waals surface area contributed by atoms with E-state index >= 15 is 0 Å². The molecule has 0 atom stereocenters. The fourth-order valence-corrected chi connectivity index (χ4v) is 2.09. The second kappa shape index (κ2) is 5.45. The zero-order valence-corrected chi connectivity index (χ0v) is 10.3. The molecule has 0 aromatic carbocycles. The minimum atomic E-state index is 0.0940. The third kappa shape index (κ3) is 2.56. The van der Waals surface area contributed by atoms with Crippen LogP contribution in [0, 0.1) is 11.3 Å². The molecule has 1 fully saturated rings. The van der Waals surface area contributed by atoms with Crippen LogP contribution in [0.2, 0.25) is 0 Å². The standard InChI is InChI=1S/C12H15N5O/c1-10(18)16-5-2-6-17(8-7-16)12-11(9-13)3-4-14-15-12/h3-4H,2,5-8H2,1H3. The Bertz CT molecular complexity index is 482. The van der Waals surface area contributed by atoms with Crippen LogP contribution in [0.5, 0.6) is 0 Å². The fourth-order valence-electron chi connectivity index (χ4n) is 2.09. The van der Waals surface area contributed by atoms with Gasteiger partial charge in [0.15, 0.2) is 5.82 Å². The average molecular weight is 245 g/mol. The largest absolute Gasteiger partial charge is 0.352 e. The molecular weight excluding hydrogens is 230 g/mol. The first-order chi connectivity index (χ1) is 8.72. The first-order valence-corrected chi connectivity index (χ1v) is 5.94. The van der Waals surface area contributed by atoms with Gasteiger partial charge in [-0.2, -0.15) is 10.4 Å². The molecule has 0 bridgehead atoms. The van der Waals surface area contributed by atoms with Crippen LogP contribution in [0.15, 0.2) is 12.3 Å². The normalized spacial score (nSPS) is 16.0. The molecule has 0 spiro atoms. The lowest BCUT2D eigenvalue weighted by molar-refractivity contribution is -0.128. The van der Waals surface area contributed by atoms with E-state index in [1.165, 1.54) is 6.20 Å². The number of carbonyl (C=O) groups is 1. The van der Waals surface area contributed by atoms with E-state index in [-0.39, 0.29) is 5.91 Å². The Balaban J connectivity index is 2.15. The lowest BCUT2D eigenvalue weighted by Gasteiger charge is -2.22. The van der Waals surface area contributed by atoms with E-state index in [0.717, 1.165) is 19.5 Å². The molecule has 1 aromatic heterocycles. The summed E-state index contributed by atoms with van der Waals surface area (Å²) in [5.41, 5.74) is 0.529. The van der Waals surface area contributed by atoms with Gasteiger partial charge in [0, 0.05) is 33.1 Å². The maximum Gasteiger partial charge on any atom is 0.219 e. The summed E-state index contributed by atoms with van der Waals surface area (Å²) in [4.78, 5) is 15.2. The molecule has 0 saturated carbocycles. The molecule has 18 heavy (non-hydrogen) atoms. The van der Waals surface area contributed by atoms with Crippen LogP contribution in [0.3, 0.4) is 0 Å². The summed E-state index contributed by atoms with van der Waals surface area (Å²) in [5, 5.41) is 16.9. The summed E-state index contributed by atoms with van der Waals surface area (Å²) in [6.45, 7) is 4.48. The van der Waals surface area contributed by atoms with Crippen LogP contribution in [-0.4, -0.2) is 47.2 Å². The van der Waals surface area contributed by atoms with E-state index in [1.54, 1.807) is 13.0 Å². The quantitative estimate of drug-likeness (QED) is 0.716. The van der Waals surface area contributed by atoms with Crippen molar-refractivity contribution in [2.75, 3.05) is 31.1 Å². The zero-order chi connectivity index (χ0) is 13.0. The van der Waals surface area contributed by atoms with Crippen molar-refractivity contribution in [2.24, 2.45) is 0 Å². The molecule has 2 heterocycles. The van der Waals surface area contributed by atoms with Gasteiger partial charge in [-0.25, -0.2) is 0 Å². The molecule has 1 saturated heterocycles. The number of rotatable bonds is 1. The number of anilines is 1. The van der Waals surface area contributed by atoms with E-state index in [0.29, 0.717) is 24.5 Å². The van der Waals surface area contributed by atoms with E-state index in [2.05, 4.69) is 16.3 Å². The first-order valence-electron chi connectivity index (χ1n) is 5.94. The zero-order valence-electron chi connectivity index (χ0n) is 10.3. The minimum absolute atomic E-state index is 0.0940.